The number of hydrogen-bond donors (Lipinski definition) is 0. The molecule has 0 bridgehead atoms. The molecule has 0 spiro atoms. The number of esters is 1. The number of nitro benzene ring substituents is 1. The predicted molar refractivity (Wildman–Crippen MR) is 109 cm³/mol. The number of rotatable bonds is 4. The molecule has 0 aromatic heterocycles. The first kappa shape index (κ1) is 19.1. The number of aryl methyl sites for hydroxylation is 1. The van der Waals surface area contributed by atoms with Crippen LogP contribution in [0.15, 0.2) is 72.5 Å². The van der Waals surface area contributed by atoms with Crippen molar-refractivity contribution in [3.8, 4) is 11.5 Å². The van der Waals surface area contributed by atoms with Crippen LogP contribution in [0.2, 0.25) is 0 Å². The van der Waals surface area contributed by atoms with Gasteiger partial charge in [-0.15, -0.1) is 0 Å². The van der Waals surface area contributed by atoms with E-state index in [0.29, 0.717) is 16.7 Å². The predicted octanol–water partition coefficient (Wildman–Crippen LogP) is 4.74. The van der Waals surface area contributed by atoms with Crippen LogP contribution in [-0.2, 0) is 0 Å². The number of carbonyl (C=O) groups excluding carboxylic acids is 2. The van der Waals surface area contributed by atoms with Gasteiger partial charge in [-0.1, -0.05) is 18.2 Å². The maximum absolute atomic E-state index is 12.6. The van der Waals surface area contributed by atoms with Crippen LogP contribution < -0.4 is 9.47 Å². The van der Waals surface area contributed by atoms with E-state index >= 15 is 0 Å². The lowest BCUT2D eigenvalue weighted by atomic mass is 10.1. The third kappa shape index (κ3) is 3.68. The van der Waals surface area contributed by atoms with Crippen LogP contribution in [0.25, 0.3) is 6.08 Å². The Labute approximate surface area is 171 Å². The molecular weight excluding hydrogens is 386 g/mol. The van der Waals surface area contributed by atoms with Gasteiger partial charge in [-0.05, 0) is 54.5 Å². The molecule has 7 nitrogen and oxygen atoms in total. The molecule has 1 heterocycles. The van der Waals surface area contributed by atoms with Crippen LogP contribution in [0.3, 0.4) is 0 Å². The fourth-order valence-electron chi connectivity index (χ4n) is 3.04. The average molecular weight is 401 g/mol. The maximum Gasteiger partial charge on any atom is 0.343 e. The minimum atomic E-state index is -0.501. The molecular formula is C23H15NO6. The summed E-state index contributed by atoms with van der Waals surface area (Å²) in [5.74, 6) is -0.199. The number of allylic oxidation sites excluding steroid dienone is 1. The highest BCUT2D eigenvalue weighted by Crippen LogP contribution is 2.35. The number of hydrogen-bond acceptors (Lipinski definition) is 6. The first-order valence-electron chi connectivity index (χ1n) is 9.03. The van der Waals surface area contributed by atoms with Crippen LogP contribution >= 0.6 is 0 Å². The Morgan fingerprint density at radius 1 is 1.07 bits per heavy atom. The molecule has 1 aliphatic rings. The summed E-state index contributed by atoms with van der Waals surface area (Å²) in [5.41, 5.74) is 2.14. The lowest BCUT2D eigenvalue weighted by Gasteiger charge is -2.07. The molecule has 0 aliphatic carbocycles. The highest BCUT2D eigenvalue weighted by Gasteiger charge is 2.28. The quantitative estimate of drug-likeness (QED) is 0.206. The maximum atomic E-state index is 12.6. The molecule has 0 fully saturated rings. The molecule has 0 saturated heterocycles. The molecule has 30 heavy (non-hydrogen) atoms. The van der Waals surface area contributed by atoms with Gasteiger partial charge in [0.25, 0.3) is 5.69 Å². The summed E-state index contributed by atoms with van der Waals surface area (Å²) in [4.78, 5) is 35.2. The van der Waals surface area contributed by atoms with E-state index in [-0.39, 0.29) is 28.7 Å². The summed E-state index contributed by atoms with van der Waals surface area (Å²) in [5, 5.41) is 10.8. The van der Waals surface area contributed by atoms with E-state index in [4.69, 9.17) is 9.47 Å². The molecule has 0 unspecified atom stereocenters. The van der Waals surface area contributed by atoms with Gasteiger partial charge >= 0.3 is 5.97 Å². The van der Waals surface area contributed by atoms with E-state index in [1.807, 2.05) is 19.1 Å². The van der Waals surface area contributed by atoms with Gasteiger partial charge in [0.1, 0.15) is 11.5 Å². The first-order chi connectivity index (χ1) is 14.4. The second kappa shape index (κ2) is 7.63. The van der Waals surface area contributed by atoms with Gasteiger partial charge in [0, 0.05) is 18.2 Å². The Morgan fingerprint density at radius 2 is 1.80 bits per heavy atom. The summed E-state index contributed by atoms with van der Waals surface area (Å²) < 4.78 is 11.1. The van der Waals surface area contributed by atoms with Crippen molar-refractivity contribution in [3.63, 3.8) is 0 Å². The van der Waals surface area contributed by atoms with E-state index in [2.05, 4.69) is 0 Å². The molecule has 1 aliphatic heterocycles. The van der Waals surface area contributed by atoms with Crippen molar-refractivity contribution in [3.05, 3.63) is 105 Å². The zero-order valence-corrected chi connectivity index (χ0v) is 15.8. The van der Waals surface area contributed by atoms with Crippen molar-refractivity contribution < 1.29 is 24.0 Å². The molecule has 7 heteroatoms. The number of carbonyl (C=O) groups is 2. The van der Waals surface area contributed by atoms with Crippen molar-refractivity contribution in [2.24, 2.45) is 0 Å². The second-order valence-electron chi connectivity index (χ2n) is 6.65. The third-order valence-electron chi connectivity index (χ3n) is 4.62. The van der Waals surface area contributed by atoms with Gasteiger partial charge in [-0.25, -0.2) is 4.79 Å². The number of Topliss-reactive ketones (excluding diaryl/α,β-unsaturated/α-hetero) is 1. The monoisotopic (exact) mass is 401 g/mol. The molecule has 3 aromatic carbocycles. The zero-order valence-electron chi connectivity index (χ0n) is 15.8. The minimum absolute atomic E-state index is 0.0424. The second-order valence-corrected chi connectivity index (χ2v) is 6.65. The Hall–Kier alpha value is -4.26. The highest BCUT2D eigenvalue weighted by atomic mass is 16.6. The van der Waals surface area contributed by atoms with Crippen molar-refractivity contribution in [2.75, 3.05) is 0 Å². The Kier molecular flexibility index (Phi) is 4.85. The standard InChI is InChI=1S/C23H15NO6/c1-14-4-2-3-5-18(14)23(26)29-17-10-11-19-20(13-17)30-21(22(19)25)12-15-6-8-16(9-7-15)24(27)28/h2-13H,1H3/b21-12+. The molecule has 0 atom stereocenters. The largest absolute Gasteiger partial charge is 0.452 e. The molecule has 4 rings (SSSR count). The Bertz CT molecular complexity index is 1210. The number of nitro groups is 1. The van der Waals surface area contributed by atoms with E-state index in [0.717, 1.165) is 5.56 Å². The highest BCUT2D eigenvalue weighted by molar-refractivity contribution is 6.14. The number of ether oxygens (including phenoxy) is 2. The van der Waals surface area contributed by atoms with Gasteiger partial charge in [0.15, 0.2) is 5.76 Å². The van der Waals surface area contributed by atoms with Crippen LogP contribution in [0.1, 0.15) is 31.8 Å². The summed E-state index contributed by atoms with van der Waals surface area (Å²) in [6, 6.07) is 17.4. The van der Waals surface area contributed by atoms with Gasteiger partial charge in [-0.2, -0.15) is 0 Å². The minimum Gasteiger partial charge on any atom is -0.452 e. The van der Waals surface area contributed by atoms with Crippen LogP contribution in [-0.4, -0.2) is 16.7 Å². The number of ketones is 1. The third-order valence-corrected chi connectivity index (χ3v) is 4.62. The zero-order chi connectivity index (χ0) is 21.3. The van der Waals surface area contributed by atoms with Crippen molar-refractivity contribution in [1.82, 2.24) is 0 Å². The van der Waals surface area contributed by atoms with Gasteiger partial charge in [0.05, 0.1) is 16.1 Å². The topological polar surface area (TPSA) is 95.7 Å². The van der Waals surface area contributed by atoms with E-state index in [1.165, 1.54) is 48.5 Å². The van der Waals surface area contributed by atoms with E-state index in [1.54, 1.807) is 12.1 Å². The van der Waals surface area contributed by atoms with Gasteiger partial charge in [0.2, 0.25) is 5.78 Å². The van der Waals surface area contributed by atoms with Gasteiger partial charge in [-0.3, -0.25) is 14.9 Å². The number of non-ortho nitro benzene ring substituents is 1. The van der Waals surface area contributed by atoms with E-state index in [9.17, 15) is 19.7 Å². The number of benzene rings is 3. The summed E-state index contributed by atoms with van der Waals surface area (Å²) in [7, 11) is 0. The van der Waals surface area contributed by atoms with Crippen molar-refractivity contribution in [2.45, 2.75) is 6.92 Å². The smallest absolute Gasteiger partial charge is 0.343 e. The lowest BCUT2D eigenvalue weighted by molar-refractivity contribution is -0.384. The van der Waals surface area contributed by atoms with Gasteiger partial charge < -0.3 is 9.47 Å². The Balaban J connectivity index is 1.54. The molecule has 0 saturated carbocycles. The first-order valence-corrected chi connectivity index (χ1v) is 9.03. The fourth-order valence-corrected chi connectivity index (χ4v) is 3.04. The number of nitrogens with zero attached hydrogens (tertiary/aromatic N) is 1. The van der Waals surface area contributed by atoms with Crippen LogP contribution in [0, 0.1) is 17.0 Å². The van der Waals surface area contributed by atoms with Crippen LogP contribution in [0.5, 0.6) is 11.5 Å². The lowest BCUT2D eigenvalue weighted by Crippen LogP contribution is -2.10. The molecule has 148 valence electrons. The van der Waals surface area contributed by atoms with Crippen molar-refractivity contribution in [1.29, 1.82) is 0 Å². The summed E-state index contributed by atoms with van der Waals surface area (Å²) in [6.45, 7) is 1.82. The molecule has 0 amide bonds. The fraction of sp³-hybridized carbons (Fsp3) is 0.0435. The summed E-state index contributed by atoms with van der Waals surface area (Å²) >= 11 is 0. The number of fused-ring (bicyclic) bond motifs is 1. The van der Waals surface area contributed by atoms with Crippen molar-refractivity contribution >= 4 is 23.5 Å². The normalized spacial score (nSPS) is 13.6. The SMILES string of the molecule is Cc1ccccc1C(=O)Oc1ccc2c(c1)O/C(=C/c1ccc([N+](=O)[O-])cc1)C2=O. The molecule has 0 N–H and O–H groups in total. The molecule has 0 radical (unpaired) electrons. The summed E-state index contributed by atoms with van der Waals surface area (Å²) in [6.07, 6.45) is 1.51. The van der Waals surface area contributed by atoms with Crippen LogP contribution in [0.4, 0.5) is 5.69 Å². The Morgan fingerprint density at radius 3 is 2.50 bits per heavy atom. The molecule has 3 aromatic rings. The average Bonchev–Trinajstić information content (AvgIpc) is 3.03. The van der Waals surface area contributed by atoms with E-state index < -0.39 is 10.9 Å².